The Morgan fingerprint density at radius 2 is 1.86 bits per heavy atom. The lowest BCUT2D eigenvalue weighted by molar-refractivity contribution is -0.287. The van der Waals surface area contributed by atoms with Crippen molar-refractivity contribution in [3.63, 3.8) is 0 Å². The molecule has 0 unspecified atom stereocenters. The van der Waals surface area contributed by atoms with Crippen LogP contribution in [-0.4, -0.2) is 35.9 Å². The Morgan fingerprint density at radius 1 is 1.21 bits per heavy atom. The molecule has 3 N–H and O–H groups in total. The number of urea groups is 1. The summed E-state index contributed by atoms with van der Waals surface area (Å²) in [7, 11) is 1.36. The van der Waals surface area contributed by atoms with E-state index in [-0.39, 0.29) is 16.1 Å². The molecule has 0 aromatic heterocycles. The van der Waals surface area contributed by atoms with E-state index in [1.165, 1.54) is 54.9 Å². The van der Waals surface area contributed by atoms with Crippen molar-refractivity contribution in [3.05, 3.63) is 64.7 Å². The van der Waals surface area contributed by atoms with Crippen molar-refractivity contribution in [3.8, 4) is 5.75 Å². The van der Waals surface area contributed by atoms with Crippen molar-refractivity contribution in [2.75, 3.05) is 7.11 Å². The fourth-order valence-electron chi connectivity index (χ4n) is 3.25. The molecule has 0 saturated carbocycles. The first kappa shape index (κ1) is 20.9. The summed E-state index contributed by atoms with van der Waals surface area (Å²) in [4.78, 5) is 25.1. The Morgan fingerprint density at radius 3 is 2.45 bits per heavy atom. The molecule has 3 atom stereocenters. The molecule has 0 radical (unpaired) electrons. The first-order chi connectivity index (χ1) is 13.6. The van der Waals surface area contributed by atoms with E-state index in [4.69, 9.17) is 16.3 Å². The van der Waals surface area contributed by atoms with Crippen LogP contribution in [0, 0.1) is 5.92 Å². The third kappa shape index (κ3) is 3.88. The van der Waals surface area contributed by atoms with Gasteiger partial charge in [-0.05, 0) is 42.0 Å². The fraction of sp³-hybridized carbons (Fsp3) is 0.263. The zero-order chi connectivity index (χ0) is 21.4. The Balaban J connectivity index is 2.16. The molecule has 1 aliphatic rings. The number of amides is 2. The smallest absolute Gasteiger partial charge is 0.437 e. The highest BCUT2D eigenvalue weighted by atomic mass is 35.5. The van der Waals surface area contributed by atoms with Crippen LogP contribution >= 0.6 is 11.6 Å². The van der Waals surface area contributed by atoms with E-state index in [2.05, 4.69) is 5.32 Å². The first-order valence-electron chi connectivity index (χ1n) is 8.38. The van der Waals surface area contributed by atoms with Crippen molar-refractivity contribution < 1.29 is 32.6 Å². The van der Waals surface area contributed by atoms with Crippen molar-refractivity contribution >= 4 is 23.4 Å². The molecular formula is C19H16ClF3N2O4. The van der Waals surface area contributed by atoms with Crippen LogP contribution in [0.4, 0.5) is 18.0 Å². The lowest BCUT2D eigenvalue weighted by Gasteiger charge is -2.45. The van der Waals surface area contributed by atoms with Crippen LogP contribution in [-0.2, 0) is 0 Å². The number of aliphatic hydroxyl groups is 1. The van der Waals surface area contributed by atoms with Crippen LogP contribution < -0.4 is 15.4 Å². The van der Waals surface area contributed by atoms with E-state index in [1.54, 1.807) is 6.07 Å². The van der Waals surface area contributed by atoms with Gasteiger partial charge in [-0.1, -0.05) is 23.7 Å². The number of Topliss-reactive ketones (excluding diaryl/α,β-unsaturated/α-hetero) is 1. The van der Waals surface area contributed by atoms with Crippen LogP contribution in [0.1, 0.15) is 22.0 Å². The molecule has 29 heavy (non-hydrogen) atoms. The van der Waals surface area contributed by atoms with E-state index in [0.717, 1.165) is 0 Å². The SMILES string of the molecule is COc1cccc([C@@H]2NC(=O)N[C@](O)(C(F)(F)F)[C@@H]2C(=O)c2ccc(Cl)cc2)c1. The van der Waals surface area contributed by atoms with Crippen LogP contribution in [0.25, 0.3) is 0 Å². The largest absolute Gasteiger partial charge is 0.497 e. The van der Waals surface area contributed by atoms with E-state index in [9.17, 15) is 27.9 Å². The number of nitrogens with one attached hydrogen (secondary N) is 2. The van der Waals surface area contributed by atoms with Gasteiger partial charge in [-0.15, -0.1) is 0 Å². The molecule has 1 heterocycles. The molecular weight excluding hydrogens is 413 g/mol. The minimum atomic E-state index is -5.32. The van der Waals surface area contributed by atoms with Gasteiger partial charge in [0.05, 0.1) is 13.2 Å². The maximum atomic E-state index is 13.8. The third-order valence-corrected chi connectivity index (χ3v) is 4.92. The van der Waals surface area contributed by atoms with Gasteiger partial charge in [-0.25, -0.2) is 4.79 Å². The van der Waals surface area contributed by atoms with Gasteiger partial charge in [0.2, 0.25) is 5.72 Å². The van der Waals surface area contributed by atoms with E-state index in [0.29, 0.717) is 5.75 Å². The second kappa shape index (κ2) is 7.57. The minimum Gasteiger partial charge on any atom is -0.497 e. The van der Waals surface area contributed by atoms with Gasteiger partial charge < -0.3 is 20.5 Å². The number of hydrogen-bond acceptors (Lipinski definition) is 4. The quantitative estimate of drug-likeness (QED) is 0.651. The summed E-state index contributed by atoms with van der Waals surface area (Å²) in [5, 5.41) is 14.6. The number of ether oxygens (including phenoxy) is 1. The highest BCUT2D eigenvalue weighted by Crippen LogP contribution is 2.44. The van der Waals surface area contributed by atoms with Crippen molar-refractivity contribution in [1.82, 2.24) is 10.6 Å². The summed E-state index contributed by atoms with van der Waals surface area (Å²) in [6.45, 7) is 0. The number of hydrogen-bond donors (Lipinski definition) is 3. The summed E-state index contributed by atoms with van der Waals surface area (Å²) in [6, 6.07) is 8.31. The van der Waals surface area contributed by atoms with Gasteiger partial charge in [-0.3, -0.25) is 4.79 Å². The topological polar surface area (TPSA) is 87.7 Å². The van der Waals surface area contributed by atoms with Crippen LogP contribution in [0.15, 0.2) is 48.5 Å². The van der Waals surface area contributed by atoms with Crippen molar-refractivity contribution in [2.45, 2.75) is 17.9 Å². The number of carbonyl (C=O) groups is 2. The first-order valence-corrected chi connectivity index (χ1v) is 8.76. The normalized spacial score (nSPS) is 24.4. The number of benzene rings is 2. The second-order valence-corrected chi connectivity index (χ2v) is 6.90. The molecule has 154 valence electrons. The molecule has 10 heteroatoms. The van der Waals surface area contributed by atoms with Crippen LogP contribution in [0.3, 0.4) is 0 Å². The van der Waals surface area contributed by atoms with Gasteiger partial charge in [0.15, 0.2) is 5.78 Å². The van der Waals surface area contributed by atoms with Gasteiger partial charge in [0.1, 0.15) is 11.7 Å². The Kier molecular flexibility index (Phi) is 5.46. The Hall–Kier alpha value is -2.78. The Bertz CT molecular complexity index is 936. The average molecular weight is 429 g/mol. The summed E-state index contributed by atoms with van der Waals surface area (Å²) >= 11 is 5.78. The highest BCUT2D eigenvalue weighted by Gasteiger charge is 2.66. The number of methoxy groups -OCH3 is 1. The predicted molar refractivity (Wildman–Crippen MR) is 97.7 cm³/mol. The number of carbonyl (C=O) groups excluding carboxylic acids is 2. The molecule has 2 aromatic carbocycles. The van der Waals surface area contributed by atoms with E-state index in [1.807, 2.05) is 0 Å². The number of halogens is 4. The maximum absolute atomic E-state index is 13.8. The molecule has 2 aromatic rings. The summed E-state index contributed by atoms with van der Waals surface area (Å²) in [5.74, 6) is -2.83. The van der Waals surface area contributed by atoms with E-state index < -0.39 is 35.7 Å². The lowest BCUT2D eigenvalue weighted by atomic mass is 9.77. The average Bonchev–Trinajstić information content (AvgIpc) is 2.66. The number of rotatable bonds is 4. The van der Waals surface area contributed by atoms with Gasteiger partial charge in [-0.2, -0.15) is 13.2 Å². The zero-order valence-corrected chi connectivity index (χ0v) is 15.7. The second-order valence-electron chi connectivity index (χ2n) is 6.47. The molecule has 1 saturated heterocycles. The molecule has 2 amide bonds. The molecule has 1 fully saturated rings. The zero-order valence-electron chi connectivity index (χ0n) is 15.0. The molecule has 6 nitrogen and oxygen atoms in total. The standard InChI is InChI=1S/C19H16ClF3N2O4/c1-29-13-4-2-3-11(9-13)15-14(16(26)10-5-7-12(20)8-6-10)18(28,19(21,22)23)25-17(27)24-15/h2-9,14-15,28H,1H3,(H2,24,25,27)/t14-,15-,18+/m0/s1. The summed E-state index contributed by atoms with van der Waals surface area (Å²) in [5.41, 5.74) is -3.73. The molecule has 1 aliphatic heterocycles. The third-order valence-electron chi connectivity index (χ3n) is 4.67. The Labute approximate surface area is 168 Å². The minimum absolute atomic E-state index is 0.104. The molecule has 3 rings (SSSR count). The predicted octanol–water partition coefficient (Wildman–Crippen LogP) is 3.45. The summed E-state index contributed by atoms with van der Waals surface area (Å²) in [6.07, 6.45) is -5.32. The summed E-state index contributed by atoms with van der Waals surface area (Å²) < 4.78 is 46.6. The van der Waals surface area contributed by atoms with Gasteiger partial charge in [0, 0.05) is 10.6 Å². The van der Waals surface area contributed by atoms with Gasteiger partial charge in [0.25, 0.3) is 0 Å². The number of alkyl halides is 3. The maximum Gasteiger partial charge on any atom is 0.437 e. The molecule has 0 bridgehead atoms. The molecule has 0 spiro atoms. The molecule has 0 aliphatic carbocycles. The van der Waals surface area contributed by atoms with Crippen molar-refractivity contribution in [2.24, 2.45) is 5.92 Å². The lowest BCUT2D eigenvalue weighted by Crippen LogP contribution is -2.72. The monoisotopic (exact) mass is 428 g/mol. The van der Waals surface area contributed by atoms with E-state index >= 15 is 0 Å². The van der Waals surface area contributed by atoms with Gasteiger partial charge >= 0.3 is 12.2 Å². The number of ketones is 1. The fourth-order valence-corrected chi connectivity index (χ4v) is 3.37. The van der Waals surface area contributed by atoms with Crippen molar-refractivity contribution in [1.29, 1.82) is 0 Å². The highest BCUT2D eigenvalue weighted by molar-refractivity contribution is 6.30. The van der Waals surface area contributed by atoms with Crippen LogP contribution in [0.5, 0.6) is 5.75 Å². The van der Waals surface area contributed by atoms with Crippen LogP contribution in [0.2, 0.25) is 5.02 Å².